The number of benzene rings is 1. The van der Waals surface area contributed by atoms with Crippen LogP contribution in [0.2, 0.25) is 0 Å². The molecule has 1 aromatic rings. The minimum atomic E-state index is -3.46. The van der Waals surface area contributed by atoms with Crippen molar-refractivity contribution in [1.82, 2.24) is 0 Å². The normalized spacial score (nSPS) is 16.0. The lowest BCUT2D eigenvalue weighted by Crippen LogP contribution is -2.18. The molecule has 0 heterocycles. The van der Waals surface area contributed by atoms with Gasteiger partial charge >= 0.3 is 0 Å². The Kier molecular flexibility index (Phi) is 4.51. The molecule has 0 aromatic heterocycles. The Morgan fingerprint density at radius 1 is 1.27 bits per heavy atom. The van der Waals surface area contributed by atoms with Crippen LogP contribution in [-0.2, 0) is 9.09 Å². The molecule has 0 aliphatic carbocycles. The Bertz CT molecular complexity index is 361. The van der Waals surface area contributed by atoms with Gasteiger partial charge in [0.2, 0.25) is 0 Å². The Morgan fingerprint density at radius 2 is 1.80 bits per heavy atom. The summed E-state index contributed by atoms with van der Waals surface area (Å²) in [5.41, 5.74) is 0. The first-order valence-electron chi connectivity index (χ1n) is 4.29. The summed E-state index contributed by atoms with van der Waals surface area (Å²) in [4.78, 5) is 0. The quantitative estimate of drug-likeness (QED) is 0.621. The Morgan fingerprint density at radius 3 is 2.20 bits per heavy atom. The third kappa shape index (κ3) is 2.89. The Hall–Kier alpha value is 0.280. The van der Waals surface area contributed by atoms with Crippen LogP contribution >= 0.6 is 42.2 Å². The van der Waals surface area contributed by atoms with Crippen molar-refractivity contribution in [2.45, 2.75) is 10.5 Å². The molecule has 84 valence electrons. The maximum atomic E-state index is 12.4. The fourth-order valence-electron chi connectivity index (χ4n) is 1.10. The van der Waals surface area contributed by atoms with Gasteiger partial charge < -0.3 is 4.52 Å². The van der Waals surface area contributed by atoms with E-state index in [0.29, 0.717) is 5.30 Å². The average molecular weight is 288 g/mol. The number of alkyl halides is 3. The van der Waals surface area contributed by atoms with Crippen molar-refractivity contribution < 1.29 is 9.09 Å². The van der Waals surface area contributed by atoms with Gasteiger partial charge in [-0.1, -0.05) is 53.0 Å². The average Bonchev–Trinajstić information content (AvgIpc) is 2.18. The van der Waals surface area contributed by atoms with Gasteiger partial charge in [-0.05, 0) is 19.1 Å². The van der Waals surface area contributed by atoms with E-state index >= 15 is 0 Å². The van der Waals surface area contributed by atoms with Gasteiger partial charge in [0.1, 0.15) is 0 Å². The first-order chi connectivity index (χ1) is 6.92. The standard InChI is InChI=1S/C9H10Cl3O2P/c1-2-14-15(13,9(10,11)12)8-6-4-3-5-7-8/h3-7H,2H2,1H3. The zero-order valence-corrected chi connectivity index (χ0v) is 11.2. The van der Waals surface area contributed by atoms with Crippen LogP contribution in [0.5, 0.6) is 0 Å². The van der Waals surface area contributed by atoms with Gasteiger partial charge in [0.25, 0.3) is 10.9 Å². The maximum Gasteiger partial charge on any atom is 0.282 e. The molecule has 0 saturated heterocycles. The minimum absolute atomic E-state index is 0.222. The molecule has 0 saturated carbocycles. The molecule has 0 aliphatic rings. The topological polar surface area (TPSA) is 26.3 Å². The van der Waals surface area contributed by atoms with Crippen LogP contribution in [0.25, 0.3) is 0 Å². The van der Waals surface area contributed by atoms with Crippen LogP contribution in [0.15, 0.2) is 30.3 Å². The molecule has 1 aromatic carbocycles. The monoisotopic (exact) mass is 286 g/mol. The van der Waals surface area contributed by atoms with E-state index in [1.165, 1.54) is 0 Å². The van der Waals surface area contributed by atoms with Crippen LogP contribution in [0, 0.1) is 0 Å². The summed E-state index contributed by atoms with van der Waals surface area (Å²) in [5.74, 6) is 0. The molecule has 0 N–H and O–H groups in total. The van der Waals surface area contributed by atoms with Crippen molar-refractivity contribution in [1.29, 1.82) is 0 Å². The van der Waals surface area contributed by atoms with E-state index in [1.807, 2.05) is 0 Å². The summed E-state index contributed by atoms with van der Waals surface area (Å²) in [6.07, 6.45) is 0. The van der Waals surface area contributed by atoms with Crippen molar-refractivity contribution in [3.63, 3.8) is 0 Å². The Labute approximate surface area is 104 Å². The molecular formula is C9H10Cl3O2P. The van der Waals surface area contributed by atoms with E-state index in [4.69, 9.17) is 39.3 Å². The molecular weight excluding hydrogens is 277 g/mol. The van der Waals surface area contributed by atoms with Gasteiger partial charge in [0, 0.05) is 5.30 Å². The molecule has 0 fully saturated rings. The van der Waals surface area contributed by atoms with E-state index in [0.717, 1.165) is 0 Å². The molecule has 15 heavy (non-hydrogen) atoms. The van der Waals surface area contributed by atoms with Crippen molar-refractivity contribution in [3.8, 4) is 0 Å². The second-order valence-corrected chi connectivity index (χ2v) is 8.39. The van der Waals surface area contributed by atoms with E-state index in [-0.39, 0.29) is 6.61 Å². The molecule has 0 bridgehead atoms. The summed E-state index contributed by atoms with van der Waals surface area (Å²) in [6, 6.07) is 8.48. The molecule has 1 atom stereocenters. The van der Waals surface area contributed by atoms with Gasteiger partial charge in [0.05, 0.1) is 6.61 Å². The number of hydrogen-bond acceptors (Lipinski definition) is 2. The zero-order chi connectivity index (χ0) is 11.5. The molecule has 1 unspecified atom stereocenters. The predicted octanol–water partition coefficient (Wildman–Crippen LogP) is 3.95. The van der Waals surface area contributed by atoms with E-state index in [2.05, 4.69) is 0 Å². The highest BCUT2D eigenvalue weighted by Gasteiger charge is 2.46. The highest BCUT2D eigenvalue weighted by atomic mass is 35.6. The lowest BCUT2D eigenvalue weighted by Gasteiger charge is -2.24. The zero-order valence-electron chi connectivity index (χ0n) is 7.99. The fraction of sp³-hybridized carbons (Fsp3) is 0.333. The summed E-state index contributed by atoms with van der Waals surface area (Å²) in [6.45, 7) is 1.92. The smallest absolute Gasteiger partial charge is 0.282 e. The van der Waals surface area contributed by atoms with Crippen molar-refractivity contribution in [3.05, 3.63) is 30.3 Å². The lowest BCUT2D eigenvalue weighted by molar-refractivity contribution is 0.340. The summed E-state index contributed by atoms with van der Waals surface area (Å²) in [5, 5.41) is 0.409. The van der Waals surface area contributed by atoms with Crippen molar-refractivity contribution in [2.24, 2.45) is 0 Å². The highest BCUT2D eigenvalue weighted by Crippen LogP contribution is 2.64. The number of rotatable bonds is 3. The van der Waals surface area contributed by atoms with E-state index in [9.17, 15) is 4.57 Å². The molecule has 2 nitrogen and oxygen atoms in total. The van der Waals surface area contributed by atoms with Crippen LogP contribution in [0.1, 0.15) is 6.92 Å². The highest BCUT2D eigenvalue weighted by molar-refractivity contribution is 7.74. The van der Waals surface area contributed by atoms with Gasteiger partial charge in [-0.15, -0.1) is 0 Å². The van der Waals surface area contributed by atoms with E-state index < -0.39 is 10.9 Å². The summed E-state index contributed by atoms with van der Waals surface area (Å²) in [7, 11) is -3.46. The Balaban J connectivity index is 3.20. The third-order valence-electron chi connectivity index (χ3n) is 1.74. The van der Waals surface area contributed by atoms with Gasteiger partial charge in [0.15, 0.2) is 0 Å². The van der Waals surface area contributed by atoms with Gasteiger partial charge in [-0.2, -0.15) is 0 Å². The molecule has 0 spiro atoms. The SMILES string of the molecule is CCOP(=O)(c1ccccc1)C(Cl)(Cl)Cl. The minimum Gasteiger partial charge on any atom is -0.323 e. The lowest BCUT2D eigenvalue weighted by atomic mass is 10.4. The van der Waals surface area contributed by atoms with Crippen LogP contribution in [-0.4, -0.2) is 10.1 Å². The second-order valence-electron chi connectivity index (χ2n) is 2.77. The van der Waals surface area contributed by atoms with Gasteiger partial charge in [-0.25, -0.2) is 0 Å². The molecule has 6 heteroatoms. The van der Waals surface area contributed by atoms with E-state index in [1.54, 1.807) is 37.3 Å². The second kappa shape index (κ2) is 5.07. The first kappa shape index (κ1) is 13.3. The summed E-state index contributed by atoms with van der Waals surface area (Å²) < 4.78 is 15.6. The fourth-order valence-corrected chi connectivity index (χ4v) is 3.93. The third-order valence-corrected chi connectivity index (χ3v) is 6.01. The van der Waals surface area contributed by atoms with Crippen LogP contribution in [0.3, 0.4) is 0 Å². The predicted molar refractivity (Wildman–Crippen MR) is 65.6 cm³/mol. The maximum absolute atomic E-state index is 12.4. The number of halogens is 3. The van der Waals surface area contributed by atoms with Crippen LogP contribution in [0.4, 0.5) is 0 Å². The van der Waals surface area contributed by atoms with Crippen LogP contribution < -0.4 is 5.30 Å². The molecule has 1 rings (SSSR count). The molecule has 0 amide bonds. The van der Waals surface area contributed by atoms with Gasteiger partial charge in [-0.3, -0.25) is 4.57 Å². The number of hydrogen-bond donors (Lipinski definition) is 0. The summed E-state index contributed by atoms with van der Waals surface area (Å²) >= 11 is 17.1. The van der Waals surface area contributed by atoms with Crippen molar-refractivity contribution >= 4 is 47.5 Å². The first-order valence-corrected chi connectivity index (χ1v) is 7.04. The largest absolute Gasteiger partial charge is 0.323 e. The van der Waals surface area contributed by atoms with Crippen molar-refractivity contribution in [2.75, 3.05) is 6.61 Å². The molecule has 0 aliphatic heterocycles. The molecule has 0 radical (unpaired) electrons.